The van der Waals surface area contributed by atoms with Gasteiger partial charge in [0.1, 0.15) is 5.75 Å². The molecule has 2 rings (SSSR count). The lowest BCUT2D eigenvalue weighted by molar-refractivity contribution is -0.120. The molecule has 24 heavy (non-hydrogen) atoms. The third-order valence-electron chi connectivity index (χ3n) is 4.28. The number of rotatable bonds is 5. The van der Waals surface area contributed by atoms with Crippen LogP contribution in [0.2, 0.25) is 0 Å². The molecule has 1 saturated carbocycles. The molecular weight excluding hydrogens is 306 g/mol. The molecule has 1 aromatic carbocycles. The molecule has 6 nitrogen and oxygen atoms in total. The Kier molecular flexibility index (Phi) is 6.20. The Morgan fingerprint density at radius 2 is 2.08 bits per heavy atom. The van der Waals surface area contributed by atoms with Gasteiger partial charge in [-0.2, -0.15) is 0 Å². The molecule has 2 atom stereocenters. The van der Waals surface area contributed by atoms with Crippen molar-refractivity contribution in [2.75, 3.05) is 26.0 Å². The number of carbonyl (C=O) groups excluding carboxylic acids is 2. The minimum atomic E-state index is -0.105. The van der Waals surface area contributed by atoms with Crippen LogP contribution in [0.15, 0.2) is 18.2 Å². The monoisotopic (exact) mass is 333 g/mol. The topological polar surface area (TPSA) is 84.7 Å². The summed E-state index contributed by atoms with van der Waals surface area (Å²) >= 11 is 0. The second-order valence-electron chi connectivity index (χ2n) is 6.46. The van der Waals surface area contributed by atoms with Crippen molar-refractivity contribution in [3.63, 3.8) is 0 Å². The van der Waals surface area contributed by atoms with Crippen molar-refractivity contribution in [3.05, 3.63) is 23.8 Å². The van der Waals surface area contributed by atoms with Crippen molar-refractivity contribution in [1.29, 1.82) is 0 Å². The van der Waals surface area contributed by atoms with Gasteiger partial charge in [-0.05, 0) is 44.4 Å². The smallest absolute Gasteiger partial charge is 0.253 e. The molecule has 1 fully saturated rings. The Morgan fingerprint density at radius 3 is 2.71 bits per heavy atom. The summed E-state index contributed by atoms with van der Waals surface area (Å²) in [5.41, 5.74) is 7.09. The molecule has 3 N–H and O–H groups in total. The molecular formula is C18H27N3O3. The number of amides is 2. The molecule has 0 spiro atoms. The van der Waals surface area contributed by atoms with E-state index in [2.05, 4.69) is 5.32 Å². The van der Waals surface area contributed by atoms with E-state index in [1.165, 1.54) is 4.90 Å². The lowest BCUT2D eigenvalue weighted by Crippen LogP contribution is -2.34. The van der Waals surface area contributed by atoms with Crippen LogP contribution in [0, 0.1) is 5.92 Å². The van der Waals surface area contributed by atoms with Crippen molar-refractivity contribution in [2.24, 2.45) is 11.7 Å². The molecule has 132 valence electrons. The fourth-order valence-electron chi connectivity index (χ4n) is 2.99. The molecule has 6 heteroatoms. The van der Waals surface area contributed by atoms with Gasteiger partial charge >= 0.3 is 0 Å². The third kappa shape index (κ3) is 4.47. The first-order chi connectivity index (χ1) is 11.4. The molecule has 1 aromatic rings. The molecule has 0 aromatic heterocycles. The van der Waals surface area contributed by atoms with E-state index in [1.54, 1.807) is 32.3 Å². The predicted molar refractivity (Wildman–Crippen MR) is 94.2 cm³/mol. The van der Waals surface area contributed by atoms with Crippen LogP contribution in [0.5, 0.6) is 5.75 Å². The van der Waals surface area contributed by atoms with E-state index in [-0.39, 0.29) is 23.8 Å². The standard InChI is InChI=1S/C18H27N3O3/c1-4-24-16-11-13(18(23)21(2)3)8-9-15(16)20-17(22)12-6-5-7-14(19)10-12/h8-9,11-12,14H,4-7,10,19H2,1-3H3,(H,20,22). The molecule has 0 aliphatic heterocycles. The predicted octanol–water partition coefficient (Wildman–Crippen LogP) is 2.24. The quantitative estimate of drug-likeness (QED) is 0.865. The van der Waals surface area contributed by atoms with Gasteiger partial charge in [0.15, 0.2) is 0 Å². The molecule has 0 heterocycles. The summed E-state index contributed by atoms with van der Waals surface area (Å²) in [7, 11) is 3.40. The number of anilines is 1. The summed E-state index contributed by atoms with van der Waals surface area (Å²) in [5.74, 6) is 0.315. The van der Waals surface area contributed by atoms with Gasteiger partial charge in [-0.1, -0.05) is 6.42 Å². The highest BCUT2D eigenvalue weighted by Gasteiger charge is 2.26. The molecule has 1 aliphatic carbocycles. The van der Waals surface area contributed by atoms with E-state index in [0.29, 0.717) is 30.0 Å². The maximum Gasteiger partial charge on any atom is 0.253 e. The van der Waals surface area contributed by atoms with Crippen LogP contribution in [0.1, 0.15) is 43.0 Å². The van der Waals surface area contributed by atoms with Crippen molar-refractivity contribution in [1.82, 2.24) is 4.90 Å². The van der Waals surface area contributed by atoms with Gasteiger partial charge in [0, 0.05) is 31.6 Å². The zero-order valence-corrected chi connectivity index (χ0v) is 14.7. The van der Waals surface area contributed by atoms with Gasteiger partial charge in [-0.15, -0.1) is 0 Å². The average Bonchev–Trinajstić information content (AvgIpc) is 2.55. The van der Waals surface area contributed by atoms with E-state index in [0.717, 1.165) is 19.3 Å². The van der Waals surface area contributed by atoms with Gasteiger partial charge in [0.2, 0.25) is 5.91 Å². The Morgan fingerprint density at radius 1 is 1.33 bits per heavy atom. The normalized spacial score (nSPS) is 20.3. The van der Waals surface area contributed by atoms with Crippen molar-refractivity contribution in [3.8, 4) is 5.75 Å². The lowest BCUT2D eigenvalue weighted by atomic mass is 9.85. The fraction of sp³-hybridized carbons (Fsp3) is 0.556. The molecule has 2 unspecified atom stereocenters. The van der Waals surface area contributed by atoms with E-state index in [4.69, 9.17) is 10.5 Å². The molecule has 0 bridgehead atoms. The number of ether oxygens (including phenoxy) is 1. The average molecular weight is 333 g/mol. The van der Waals surface area contributed by atoms with Crippen LogP contribution in [-0.4, -0.2) is 43.5 Å². The van der Waals surface area contributed by atoms with Crippen LogP contribution >= 0.6 is 0 Å². The molecule has 1 aliphatic rings. The minimum Gasteiger partial charge on any atom is -0.492 e. The van der Waals surface area contributed by atoms with Crippen LogP contribution < -0.4 is 15.8 Å². The number of carbonyl (C=O) groups is 2. The van der Waals surface area contributed by atoms with Crippen molar-refractivity contribution < 1.29 is 14.3 Å². The number of benzene rings is 1. The third-order valence-corrected chi connectivity index (χ3v) is 4.28. The highest BCUT2D eigenvalue weighted by atomic mass is 16.5. The SMILES string of the molecule is CCOc1cc(C(=O)N(C)C)ccc1NC(=O)C1CCCC(N)C1. The summed E-state index contributed by atoms with van der Waals surface area (Å²) in [6.45, 7) is 2.32. The Hall–Kier alpha value is -2.08. The van der Waals surface area contributed by atoms with Gasteiger partial charge in [-0.25, -0.2) is 0 Å². The number of hydrogen-bond acceptors (Lipinski definition) is 4. The van der Waals surface area contributed by atoms with Crippen LogP contribution in [0.3, 0.4) is 0 Å². The second-order valence-corrected chi connectivity index (χ2v) is 6.46. The molecule has 2 amide bonds. The maximum atomic E-state index is 12.5. The van der Waals surface area contributed by atoms with Crippen LogP contribution in [0.4, 0.5) is 5.69 Å². The Bertz CT molecular complexity index is 601. The first kappa shape index (κ1) is 18.3. The molecule has 0 radical (unpaired) electrons. The van der Waals surface area contributed by atoms with Gasteiger partial charge < -0.3 is 20.7 Å². The summed E-state index contributed by atoms with van der Waals surface area (Å²) in [4.78, 5) is 26.1. The van der Waals surface area contributed by atoms with E-state index >= 15 is 0 Å². The largest absolute Gasteiger partial charge is 0.492 e. The van der Waals surface area contributed by atoms with Gasteiger partial charge in [-0.3, -0.25) is 9.59 Å². The highest BCUT2D eigenvalue weighted by Crippen LogP contribution is 2.29. The highest BCUT2D eigenvalue weighted by molar-refractivity contribution is 5.97. The minimum absolute atomic E-state index is 0.0298. The van der Waals surface area contributed by atoms with Gasteiger partial charge in [0.05, 0.1) is 12.3 Å². The van der Waals surface area contributed by atoms with E-state index < -0.39 is 0 Å². The van der Waals surface area contributed by atoms with E-state index in [9.17, 15) is 9.59 Å². The number of nitrogens with two attached hydrogens (primary N) is 1. The fourth-order valence-corrected chi connectivity index (χ4v) is 2.99. The second kappa shape index (κ2) is 8.15. The zero-order valence-electron chi connectivity index (χ0n) is 14.7. The Balaban J connectivity index is 2.16. The first-order valence-corrected chi connectivity index (χ1v) is 8.47. The first-order valence-electron chi connectivity index (χ1n) is 8.47. The van der Waals surface area contributed by atoms with Gasteiger partial charge in [0.25, 0.3) is 5.91 Å². The number of nitrogens with one attached hydrogen (secondary N) is 1. The Labute approximate surface area is 143 Å². The zero-order chi connectivity index (χ0) is 17.7. The maximum absolute atomic E-state index is 12.5. The van der Waals surface area contributed by atoms with Crippen LogP contribution in [-0.2, 0) is 4.79 Å². The number of hydrogen-bond donors (Lipinski definition) is 2. The summed E-state index contributed by atoms with van der Waals surface area (Å²) < 4.78 is 5.61. The van der Waals surface area contributed by atoms with E-state index in [1.807, 2.05) is 6.92 Å². The van der Waals surface area contributed by atoms with Crippen LogP contribution in [0.25, 0.3) is 0 Å². The summed E-state index contributed by atoms with van der Waals surface area (Å²) in [6.07, 6.45) is 3.54. The van der Waals surface area contributed by atoms with Crippen molar-refractivity contribution in [2.45, 2.75) is 38.6 Å². The summed E-state index contributed by atoms with van der Waals surface area (Å²) in [6, 6.07) is 5.20. The summed E-state index contributed by atoms with van der Waals surface area (Å²) in [5, 5.41) is 2.94. The number of nitrogens with zero attached hydrogens (tertiary/aromatic N) is 1. The van der Waals surface area contributed by atoms with Crippen molar-refractivity contribution >= 4 is 17.5 Å². The molecule has 0 saturated heterocycles. The lowest BCUT2D eigenvalue weighted by Gasteiger charge is -2.26.